The number of nitrogens with zero attached hydrogens (tertiary/aromatic N) is 1. The number of dihydropyridines is 1. The second kappa shape index (κ2) is 8.60. The van der Waals surface area contributed by atoms with E-state index in [-0.39, 0.29) is 16.8 Å². The molecule has 0 aliphatic carbocycles. The second-order valence-electron chi connectivity index (χ2n) is 6.68. The largest absolute Gasteiger partial charge is 0.466 e. The Bertz CT molecular complexity index is 1070. The van der Waals surface area contributed by atoms with Gasteiger partial charge in [0.1, 0.15) is 5.75 Å². The summed E-state index contributed by atoms with van der Waals surface area (Å²) in [7, 11) is 1.24. The number of carbonyl (C=O) groups excluding carboxylic acids is 2. The molecule has 8 heteroatoms. The van der Waals surface area contributed by atoms with E-state index < -0.39 is 22.8 Å². The van der Waals surface area contributed by atoms with Crippen molar-refractivity contribution in [2.45, 2.75) is 19.8 Å². The van der Waals surface area contributed by atoms with Crippen molar-refractivity contribution in [3.8, 4) is 5.75 Å². The number of nitro benzene ring substituents is 1. The Morgan fingerprint density at radius 3 is 2.20 bits per heavy atom. The van der Waals surface area contributed by atoms with Gasteiger partial charge in [0.25, 0.3) is 5.69 Å². The highest BCUT2D eigenvalue weighted by Crippen LogP contribution is 2.40. The summed E-state index contributed by atoms with van der Waals surface area (Å²) in [5.41, 5.74) is 1.59. The molecule has 8 nitrogen and oxygen atoms in total. The third-order valence-corrected chi connectivity index (χ3v) is 4.75. The van der Waals surface area contributed by atoms with Gasteiger partial charge in [0.05, 0.1) is 29.1 Å². The quantitative estimate of drug-likeness (QED) is 0.348. The second-order valence-corrected chi connectivity index (χ2v) is 6.68. The molecule has 2 aromatic carbocycles. The van der Waals surface area contributed by atoms with Gasteiger partial charge in [-0.15, -0.1) is 0 Å². The SMILES string of the molecule is COC(=O)C1=C(C)NC(C)=C(C(=O)Oc2ccccc2)C1c1cccc([N+](=O)[O-])c1. The Morgan fingerprint density at radius 1 is 0.967 bits per heavy atom. The van der Waals surface area contributed by atoms with Crippen LogP contribution in [0.4, 0.5) is 5.69 Å². The molecule has 0 spiro atoms. The van der Waals surface area contributed by atoms with Crippen molar-refractivity contribution in [1.29, 1.82) is 0 Å². The molecule has 0 fully saturated rings. The van der Waals surface area contributed by atoms with Gasteiger partial charge in [-0.25, -0.2) is 9.59 Å². The lowest BCUT2D eigenvalue weighted by molar-refractivity contribution is -0.384. The maximum Gasteiger partial charge on any atom is 0.342 e. The van der Waals surface area contributed by atoms with E-state index in [1.165, 1.54) is 25.3 Å². The molecule has 0 bridgehead atoms. The summed E-state index contributed by atoms with van der Waals surface area (Å²) < 4.78 is 10.4. The zero-order chi connectivity index (χ0) is 21.8. The summed E-state index contributed by atoms with van der Waals surface area (Å²) in [6.45, 7) is 3.36. The van der Waals surface area contributed by atoms with E-state index in [1.807, 2.05) is 0 Å². The Balaban J connectivity index is 2.14. The van der Waals surface area contributed by atoms with Crippen LogP contribution in [0.25, 0.3) is 0 Å². The van der Waals surface area contributed by atoms with E-state index in [9.17, 15) is 19.7 Å². The molecule has 1 unspecified atom stereocenters. The molecular weight excluding hydrogens is 388 g/mol. The standard InChI is InChI=1S/C22H20N2O6/c1-13-18(21(25)29-3)20(15-8-7-9-16(12-15)24(27)28)19(14(2)23-13)22(26)30-17-10-5-4-6-11-17/h4-12,20,23H,1-3H3. The fraction of sp³-hybridized carbons (Fsp3) is 0.182. The van der Waals surface area contributed by atoms with Crippen molar-refractivity contribution in [2.24, 2.45) is 0 Å². The predicted octanol–water partition coefficient (Wildman–Crippen LogP) is 3.61. The molecule has 30 heavy (non-hydrogen) atoms. The molecule has 0 aromatic heterocycles. The minimum atomic E-state index is -0.894. The summed E-state index contributed by atoms with van der Waals surface area (Å²) in [6, 6.07) is 14.3. The van der Waals surface area contributed by atoms with E-state index in [1.54, 1.807) is 50.2 Å². The van der Waals surface area contributed by atoms with Crippen LogP contribution in [0.15, 0.2) is 77.1 Å². The number of esters is 2. The number of benzene rings is 2. The maximum atomic E-state index is 13.1. The van der Waals surface area contributed by atoms with Gasteiger partial charge in [-0.2, -0.15) is 0 Å². The van der Waals surface area contributed by atoms with Gasteiger partial charge < -0.3 is 14.8 Å². The lowest BCUT2D eigenvalue weighted by Crippen LogP contribution is -2.33. The number of ether oxygens (including phenoxy) is 2. The topological polar surface area (TPSA) is 108 Å². The third-order valence-electron chi connectivity index (χ3n) is 4.75. The van der Waals surface area contributed by atoms with Gasteiger partial charge in [-0.3, -0.25) is 10.1 Å². The molecule has 1 aliphatic heterocycles. The summed E-state index contributed by atoms with van der Waals surface area (Å²) in [4.78, 5) is 36.4. The molecule has 1 atom stereocenters. The highest BCUT2D eigenvalue weighted by molar-refractivity contribution is 6.00. The summed E-state index contributed by atoms with van der Waals surface area (Å²) in [6.07, 6.45) is 0. The first-order valence-corrected chi connectivity index (χ1v) is 9.12. The van der Waals surface area contributed by atoms with Gasteiger partial charge >= 0.3 is 11.9 Å². The molecule has 3 rings (SSSR count). The maximum absolute atomic E-state index is 13.1. The van der Waals surface area contributed by atoms with Crippen molar-refractivity contribution in [3.63, 3.8) is 0 Å². The molecule has 1 heterocycles. The highest BCUT2D eigenvalue weighted by atomic mass is 16.6. The number of para-hydroxylation sites is 1. The van der Waals surface area contributed by atoms with Gasteiger partial charge in [0, 0.05) is 23.5 Å². The monoisotopic (exact) mass is 408 g/mol. The van der Waals surface area contributed by atoms with Crippen LogP contribution >= 0.6 is 0 Å². The molecule has 0 amide bonds. The zero-order valence-electron chi connectivity index (χ0n) is 16.7. The van der Waals surface area contributed by atoms with Crippen molar-refractivity contribution >= 4 is 17.6 Å². The lowest BCUT2D eigenvalue weighted by atomic mass is 9.80. The summed E-state index contributed by atoms with van der Waals surface area (Å²) in [5.74, 6) is -1.87. The number of methoxy groups -OCH3 is 1. The number of nitrogens with one attached hydrogen (secondary N) is 1. The first-order chi connectivity index (χ1) is 14.3. The normalized spacial score (nSPS) is 16.0. The van der Waals surface area contributed by atoms with Crippen molar-refractivity contribution < 1.29 is 24.0 Å². The molecule has 0 saturated heterocycles. The number of hydrogen-bond donors (Lipinski definition) is 1. The van der Waals surface area contributed by atoms with Gasteiger partial charge in [-0.1, -0.05) is 30.3 Å². The predicted molar refractivity (Wildman–Crippen MR) is 108 cm³/mol. The summed E-state index contributed by atoms with van der Waals surface area (Å²) >= 11 is 0. The Hall–Kier alpha value is -3.94. The number of carbonyl (C=O) groups is 2. The number of allylic oxidation sites excluding steroid dienone is 2. The van der Waals surface area contributed by atoms with Gasteiger partial charge in [0.2, 0.25) is 0 Å². The van der Waals surface area contributed by atoms with Crippen LogP contribution < -0.4 is 10.1 Å². The molecule has 0 saturated carbocycles. The van der Waals surface area contributed by atoms with Crippen LogP contribution in [0.1, 0.15) is 25.3 Å². The first-order valence-electron chi connectivity index (χ1n) is 9.12. The smallest absolute Gasteiger partial charge is 0.342 e. The number of non-ortho nitro benzene ring substituents is 1. The van der Waals surface area contributed by atoms with Crippen LogP contribution in [0.3, 0.4) is 0 Å². The molecule has 0 radical (unpaired) electrons. The molecular formula is C22H20N2O6. The molecule has 2 aromatic rings. The Kier molecular flexibility index (Phi) is 5.96. The fourth-order valence-corrected chi connectivity index (χ4v) is 3.45. The van der Waals surface area contributed by atoms with Crippen LogP contribution in [0, 0.1) is 10.1 Å². The van der Waals surface area contributed by atoms with Crippen LogP contribution in [0.2, 0.25) is 0 Å². The van der Waals surface area contributed by atoms with Crippen molar-refractivity contribution in [2.75, 3.05) is 7.11 Å². The van der Waals surface area contributed by atoms with E-state index in [2.05, 4.69) is 5.32 Å². The average Bonchev–Trinajstić information content (AvgIpc) is 2.73. The fourth-order valence-electron chi connectivity index (χ4n) is 3.45. The zero-order valence-corrected chi connectivity index (χ0v) is 16.7. The Morgan fingerprint density at radius 2 is 1.60 bits per heavy atom. The van der Waals surface area contributed by atoms with E-state index in [4.69, 9.17) is 9.47 Å². The van der Waals surface area contributed by atoms with Gasteiger partial charge in [-0.05, 0) is 31.5 Å². The summed E-state index contributed by atoms with van der Waals surface area (Å²) in [5, 5.41) is 14.3. The van der Waals surface area contributed by atoms with E-state index in [0.29, 0.717) is 22.7 Å². The molecule has 1 N–H and O–H groups in total. The lowest BCUT2D eigenvalue weighted by Gasteiger charge is -2.30. The number of nitro groups is 1. The van der Waals surface area contributed by atoms with Gasteiger partial charge in [0.15, 0.2) is 0 Å². The number of rotatable bonds is 5. The minimum absolute atomic E-state index is 0.152. The Labute approximate surface area is 173 Å². The van der Waals surface area contributed by atoms with E-state index in [0.717, 1.165) is 0 Å². The first kappa shape index (κ1) is 20.8. The highest BCUT2D eigenvalue weighted by Gasteiger charge is 2.38. The number of hydrogen-bond acceptors (Lipinski definition) is 7. The van der Waals surface area contributed by atoms with Crippen LogP contribution in [-0.4, -0.2) is 24.0 Å². The minimum Gasteiger partial charge on any atom is -0.466 e. The molecule has 1 aliphatic rings. The van der Waals surface area contributed by atoms with Crippen LogP contribution in [-0.2, 0) is 14.3 Å². The van der Waals surface area contributed by atoms with Crippen molar-refractivity contribution in [3.05, 3.63) is 92.8 Å². The average molecular weight is 408 g/mol. The van der Waals surface area contributed by atoms with E-state index >= 15 is 0 Å². The third kappa shape index (κ3) is 4.07. The molecule has 154 valence electrons. The van der Waals surface area contributed by atoms with Crippen molar-refractivity contribution in [1.82, 2.24) is 5.32 Å². The van der Waals surface area contributed by atoms with Crippen LogP contribution in [0.5, 0.6) is 5.75 Å².